The molecule has 0 radical (unpaired) electrons. The number of anilines is 2. The zero-order valence-electron chi connectivity index (χ0n) is 22.3. The summed E-state index contributed by atoms with van der Waals surface area (Å²) in [6.07, 6.45) is 1.03. The SMILES string of the molecule is Cc1ccc(C)c(N2CCN(C(=O)[C@H](Cc3ccccc3)NS(=O)(=O)c3ccc4c(c3)CCC(=O)N4)CC2)c1. The lowest BCUT2D eigenvalue weighted by molar-refractivity contribution is -0.133. The van der Waals surface area contributed by atoms with Gasteiger partial charge in [0.2, 0.25) is 21.8 Å². The topological polar surface area (TPSA) is 98.8 Å². The van der Waals surface area contributed by atoms with Crippen molar-refractivity contribution in [2.75, 3.05) is 36.4 Å². The maximum absolute atomic E-state index is 13.8. The summed E-state index contributed by atoms with van der Waals surface area (Å²) in [7, 11) is -4.00. The van der Waals surface area contributed by atoms with E-state index in [9.17, 15) is 18.0 Å². The van der Waals surface area contributed by atoms with E-state index in [1.54, 1.807) is 17.0 Å². The lowest BCUT2D eigenvalue weighted by Gasteiger charge is -2.38. The number of sulfonamides is 1. The molecule has 1 fully saturated rings. The van der Waals surface area contributed by atoms with E-state index in [1.165, 1.54) is 22.9 Å². The van der Waals surface area contributed by atoms with E-state index in [-0.39, 0.29) is 23.1 Å². The molecule has 5 rings (SSSR count). The predicted octanol–water partition coefficient (Wildman–Crippen LogP) is 3.43. The van der Waals surface area contributed by atoms with Crippen LogP contribution in [0.1, 0.15) is 28.7 Å². The van der Waals surface area contributed by atoms with Crippen molar-refractivity contribution in [1.82, 2.24) is 9.62 Å². The van der Waals surface area contributed by atoms with Crippen molar-refractivity contribution in [3.8, 4) is 0 Å². The highest BCUT2D eigenvalue weighted by molar-refractivity contribution is 7.89. The van der Waals surface area contributed by atoms with Crippen LogP contribution in [0.2, 0.25) is 0 Å². The Kier molecular flexibility index (Phi) is 7.72. The van der Waals surface area contributed by atoms with Gasteiger partial charge in [0.15, 0.2) is 0 Å². The monoisotopic (exact) mass is 546 g/mol. The largest absolute Gasteiger partial charge is 0.368 e. The Morgan fingerprint density at radius 3 is 2.44 bits per heavy atom. The first-order valence-electron chi connectivity index (χ1n) is 13.3. The van der Waals surface area contributed by atoms with Crippen LogP contribution in [-0.2, 0) is 32.5 Å². The van der Waals surface area contributed by atoms with Gasteiger partial charge in [-0.05, 0) is 73.2 Å². The van der Waals surface area contributed by atoms with Gasteiger partial charge in [-0.15, -0.1) is 0 Å². The van der Waals surface area contributed by atoms with Crippen LogP contribution in [0, 0.1) is 13.8 Å². The molecule has 3 aromatic rings. The number of nitrogens with zero attached hydrogens (tertiary/aromatic N) is 2. The highest BCUT2D eigenvalue weighted by Gasteiger charge is 2.32. The Hall–Kier alpha value is -3.69. The summed E-state index contributed by atoms with van der Waals surface area (Å²) in [5.41, 5.74) is 5.83. The van der Waals surface area contributed by atoms with Gasteiger partial charge in [0, 0.05) is 44.0 Å². The molecule has 3 aromatic carbocycles. The van der Waals surface area contributed by atoms with Gasteiger partial charge in [-0.3, -0.25) is 9.59 Å². The third kappa shape index (κ3) is 6.15. The molecule has 0 aliphatic carbocycles. The van der Waals surface area contributed by atoms with Crippen LogP contribution in [0.5, 0.6) is 0 Å². The van der Waals surface area contributed by atoms with E-state index < -0.39 is 16.1 Å². The average molecular weight is 547 g/mol. The van der Waals surface area contributed by atoms with Crippen LogP contribution in [0.15, 0.2) is 71.6 Å². The van der Waals surface area contributed by atoms with Gasteiger partial charge in [0.1, 0.15) is 6.04 Å². The molecule has 0 saturated carbocycles. The zero-order valence-corrected chi connectivity index (χ0v) is 23.1. The van der Waals surface area contributed by atoms with Crippen molar-refractivity contribution >= 4 is 33.2 Å². The molecule has 0 bridgehead atoms. The average Bonchev–Trinajstić information content (AvgIpc) is 2.94. The fourth-order valence-corrected chi connectivity index (χ4v) is 6.50. The minimum absolute atomic E-state index is 0.0811. The Labute approximate surface area is 230 Å². The Bertz CT molecular complexity index is 1480. The van der Waals surface area contributed by atoms with Crippen LogP contribution < -0.4 is 14.9 Å². The van der Waals surface area contributed by atoms with Gasteiger partial charge in [-0.2, -0.15) is 4.72 Å². The van der Waals surface area contributed by atoms with Crippen molar-refractivity contribution in [1.29, 1.82) is 0 Å². The lowest BCUT2D eigenvalue weighted by Crippen LogP contribution is -2.55. The standard InChI is InChI=1S/C30H34N4O4S/c1-21-8-9-22(2)28(18-21)33-14-16-34(17-15-33)30(36)27(19-23-6-4-3-5-7-23)32-39(37,38)25-11-12-26-24(20-25)10-13-29(35)31-26/h3-9,11-12,18,20,27,32H,10,13-17,19H2,1-2H3,(H,31,35)/t27-/m0/s1. The minimum Gasteiger partial charge on any atom is -0.368 e. The molecule has 2 aliphatic rings. The molecule has 2 heterocycles. The molecule has 9 heteroatoms. The lowest BCUT2D eigenvalue weighted by atomic mass is 10.0. The minimum atomic E-state index is -4.00. The van der Waals surface area contributed by atoms with E-state index >= 15 is 0 Å². The van der Waals surface area contributed by atoms with E-state index in [2.05, 4.69) is 47.0 Å². The summed E-state index contributed by atoms with van der Waals surface area (Å²) >= 11 is 0. The molecule has 8 nitrogen and oxygen atoms in total. The number of benzene rings is 3. The summed E-state index contributed by atoms with van der Waals surface area (Å²) in [4.78, 5) is 29.6. The number of fused-ring (bicyclic) bond motifs is 1. The van der Waals surface area contributed by atoms with E-state index in [4.69, 9.17) is 0 Å². The normalized spacial score (nSPS) is 16.4. The van der Waals surface area contributed by atoms with Crippen LogP contribution in [0.4, 0.5) is 11.4 Å². The van der Waals surface area contributed by atoms with Gasteiger partial charge < -0.3 is 15.1 Å². The molecule has 2 aliphatic heterocycles. The van der Waals surface area contributed by atoms with Gasteiger partial charge in [0.25, 0.3) is 0 Å². The Morgan fingerprint density at radius 1 is 0.949 bits per heavy atom. The van der Waals surface area contributed by atoms with Gasteiger partial charge >= 0.3 is 0 Å². The van der Waals surface area contributed by atoms with E-state index in [0.717, 1.165) is 11.1 Å². The first-order chi connectivity index (χ1) is 18.7. The summed E-state index contributed by atoms with van der Waals surface area (Å²) in [5, 5.41) is 2.78. The molecule has 2 amide bonds. The van der Waals surface area contributed by atoms with Gasteiger partial charge in [-0.25, -0.2) is 8.42 Å². The van der Waals surface area contributed by atoms with E-state index in [0.29, 0.717) is 44.7 Å². The quantitative estimate of drug-likeness (QED) is 0.473. The fourth-order valence-electron chi connectivity index (χ4n) is 5.26. The third-order valence-corrected chi connectivity index (χ3v) is 8.93. The van der Waals surface area contributed by atoms with Crippen molar-refractivity contribution in [2.24, 2.45) is 0 Å². The number of nitrogens with one attached hydrogen (secondary N) is 2. The number of piperazine rings is 1. The summed E-state index contributed by atoms with van der Waals surface area (Å²) in [6.45, 7) is 6.54. The van der Waals surface area contributed by atoms with Gasteiger partial charge in [0.05, 0.1) is 4.90 Å². The van der Waals surface area contributed by atoms with Crippen molar-refractivity contribution in [3.63, 3.8) is 0 Å². The molecule has 204 valence electrons. The van der Waals surface area contributed by atoms with Crippen molar-refractivity contribution in [3.05, 3.63) is 89.0 Å². The summed E-state index contributed by atoms with van der Waals surface area (Å²) in [6, 6.07) is 19.6. The number of aryl methyl sites for hydroxylation is 3. The number of amides is 2. The van der Waals surface area contributed by atoms with Crippen LogP contribution in [0.25, 0.3) is 0 Å². The molecule has 0 aromatic heterocycles. The molecular formula is C30H34N4O4S. The fraction of sp³-hybridized carbons (Fsp3) is 0.333. The second-order valence-corrected chi connectivity index (χ2v) is 12.0. The first-order valence-corrected chi connectivity index (χ1v) is 14.8. The molecule has 1 atom stereocenters. The number of hydrogen-bond acceptors (Lipinski definition) is 5. The molecule has 39 heavy (non-hydrogen) atoms. The maximum Gasteiger partial charge on any atom is 0.241 e. The molecule has 2 N–H and O–H groups in total. The van der Waals surface area contributed by atoms with Crippen molar-refractivity contribution in [2.45, 2.75) is 44.0 Å². The Balaban J connectivity index is 1.34. The summed E-state index contributed by atoms with van der Waals surface area (Å²) < 4.78 is 29.7. The maximum atomic E-state index is 13.8. The highest BCUT2D eigenvalue weighted by Crippen LogP contribution is 2.26. The second kappa shape index (κ2) is 11.2. The Morgan fingerprint density at radius 2 is 1.69 bits per heavy atom. The molecule has 1 saturated heterocycles. The number of carbonyl (C=O) groups is 2. The molecule has 0 unspecified atom stereocenters. The smallest absolute Gasteiger partial charge is 0.241 e. The van der Waals surface area contributed by atoms with Crippen LogP contribution >= 0.6 is 0 Å². The number of rotatable bonds is 7. The van der Waals surface area contributed by atoms with Gasteiger partial charge in [-0.1, -0.05) is 42.5 Å². The number of carbonyl (C=O) groups excluding carboxylic acids is 2. The van der Waals surface area contributed by atoms with Crippen molar-refractivity contribution < 1.29 is 18.0 Å². The molecular weight excluding hydrogens is 512 g/mol. The predicted molar refractivity (Wildman–Crippen MR) is 152 cm³/mol. The van der Waals surface area contributed by atoms with E-state index in [1.807, 2.05) is 30.3 Å². The summed E-state index contributed by atoms with van der Waals surface area (Å²) in [5.74, 6) is -0.310. The second-order valence-electron chi connectivity index (χ2n) is 10.3. The zero-order chi connectivity index (χ0) is 27.6. The van der Waals surface area contributed by atoms with Crippen LogP contribution in [0.3, 0.4) is 0 Å². The number of hydrogen-bond donors (Lipinski definition) is 2. The first kappa shape index (κ1) is 26.9. The van der Waals surface area contributed by atoms with Crippen LogP contribution in [-0.4, -0.2) is 57.4 Å². The highest BCUT2D eigenvalue weighted by atomic mass is 32.2. The molecule has 0 spiro atoms. The third-order valence-electron chi connectivity index (χ3n) is 7.46.